The summed E-state index contributed by atoms with van der Waals surface area (Å²) in [5, 5.41) is 0. The molecule has 0 fully saturated rings. The second-order valence-corrected chi connectivity index (χ2v) is 4.20. The highest BCUT2D eigenvalue weighted by molar-refractivity contribution is 5.29. The molecule has 0 radical (unpaired) electrons. The number of hydrogen-bond donors (Lipinski definition) is 1. The van der Waals surface area contributed by atoms with E-state index in [0.29, 0.717) is 0 Å². The molecule has 0 aliphatic rings. The smallest absolute Gasteiger partial charge is 0.0297 e. The van der Waals surface area contributed by atoms with E-state index in [4.69, 9.17) is 5.73 Å². The summed E-state index contributed by atoms with van der Waals surface area (Å²) in [5.74, 6) is 0. The lowest BCUT2D eigenvalue weighted by molar-refractivity contribution is 0.628. The van der Waals surface area contributed by atoms with Gasteiger partial charge in [-0.15, -0.1) is 0 Å². The Balaban J connectivity index is 2.75. The monoisotopic (exact) mass is 205 g/mol. The summed E-state index contributed by atoms with van der Waals surface area (Å²) in [4.78, 5) is 0. The number of nitrogens with two attached hydrogens (primary N) is 1. The van der Waals surface area contributed by atoms with E-state index in [0.717, 1.165) is 12.8 Å². The molecule has 0 amide bonds. The van der Waals surface area contributed by atoms with Gasteiger partial charge in [-0.05, 0) is 30.4 Å². The lowest BCUT2D eigenvalue weighted by Gasteiger charge is -2.15. The first-order chi connectivity index (χ1) is 7.29. The fourth-order valence-electron chi connectivity index (χ4n) is 1.96. The van der Waals surface area contributed by atoms with Crippen molar-refractivity contribution in [3.05, 3.63) is 35.4 Å². The van der Waals surface area contributed by atoms with Gasteiger partial charge in [-0.1, -0.05) is 51.0 Å². The van der Waals surface area contributed by atoms with Crippen molar-refractivity contribution in [2.75, 3.05) is 0 Å². The predicted octanol–water partition coefficient (Wildman–Crippen LogP) is 3.83. The lowest BCUT2D eigenvalue weighted by atomic mass is 9.95. The highest BCUT2D eigenvalue weighted by atomic mass is 14.6. The summed E-state index contributed by atoms with van der Waals surface area (Å²) in [6.07, 6.45) is 5.92. The van der Waals surface area contributed by atoms with E-state index in [1.165, 1.54) is 30.4 Å². The lowest BCUT2D eigenvalue weighted by Crippen LogP contribution is -2.12. The second-order valence-electron chi connectivity index (χ2n) is 4.20. The van der Waals surface area contributed by atoms with Crippen LogP contribution in [0.5, 0.6) is 0 Å². The van der Waals surface area contributed by atoms with Gasteiger partial charge in [0, 0.05) is 6.04 Å². The molecule has 1 nitrogen and oxygen atoms in total. The predicted molar refractivity (Wildman–Crippen MR) is 66.9 cm³/mol. The van der Waals surface area contributed by atoms with Crippen molar-refractivity contribution in [1.82, 2.24) is 0 Å². The molecule has 1 aromatic carbocycles. The molecule has 0 aliphatic carbocycles. The third kappa shape index (κ3) is 3.67. The maximum atomic E-state index is 6.18. The van der Waals surface area contributed by atoms with Crippen LogP contribution in [-0.4, -0.2) is 0 Å². The zero-order valence-corrected chi connectivity index (χ0v) is 10.00. The Morgan fingerprint density at radius 1 is 1.13 bits per heavy atom. The van der Waals surface area contributed by atoms with Gasteiger partial charge in [0.25, 0.3) is 0 Å². The Morgan fingerprint density at radius 3 is 2.53 bits per heavy atom. The molecule has 0 saturated heterocycles. The van der Waals surface area contributed by atoms with Crippen LogP contribution in [0.4, 0.5) is 0 Å². The SMILES string of the molecule is CCCCc1ccccc1C(N)CCC. The number of aryl methyl sites for hydroxylation is 1. The summed E-state index contributed by atoms with van der Waals surface area (Å²) in [5.41, 5.74) is 8.98. The van der Waals surface area contributed by atoms with E-state index < -0.39 is 0 Å². The quantitative estimate of drug-likeness (QED) is 0.750. The zero-order chi connectivity index (χ0) is 11.1. The first kappa shape index (κ1) is 12.3. The van der Waals surface area contributed by atoms with Gasteiger partial charge in [-0.2, -0.15) is 0 Å². The molecular weight excluding hydrogens is 182 g/mol. The van der Waals surface area contributed by atoms with E-state index in [9.17, 15) is 0 Å². The van der Waals surface area contributed by atoms with Crippen molar-refractivity contribution >= 4 is 0 Å². The van der Waals surface area contributed by atoms with E-state index in [2.05, 4.69) is 38.1 Å². The molecule has 0 aromatic heterocycles. The minimum atomic E-state index is 0.225. The third-order valence-corrected chi connectivity index (χ3v) is 2.85. The largest absolute Gasteiger partial charge is 0.324 e. The average Bonchev–Trinajstić information content (AvgIpc) is 2.27. The van der Waals surface area contributed by atoms with E-state index in [-0.39, 0.29) is 6.04 Å². The molecule has 1 rings (SSSR count). The standard InChI is InChI=1S/C14H23N/c1-3-5-9-12-10-6-7-11-13(12)14(15)8-4-2/h6-7,10-11,14H,3-5,8-9,15H2,1-2H3. The summed E-state index contributed by atoms with van der Waals surface area (Å²) in [6.45, 7) is 4.42. The topological polar surface area (TPSA) is 26.0 Å². The zero-order valence-electron chi connectivity index (χ0n) is 10.00. The highest BCUT2D eigenvalue weighted by Gasteiger charge is 2.08. The molecule has 1 atom stereocenters. The summed E-state index contributed by atoms with van der Waals surface area (Å²) >= 11 is 0. The van der Waals surface area contributed by atoms with Gasteiger partial charge in [0.2, 0.25) is 0 Å². The number of unbranched alkanes of at least 4 members (excludes halogenated alkanes) is 1. The molecule has 15 heavy (non-hydrogen) atoms. The van der Waals surface area contributed by atoms with Crippen LogP contribution in [0.1, 0.15) is 56.7 Å². The normalized spacial score (nSPS) is 12.7. The van der Waals surface area contributed by atoms with Gasteiger partial charge in [-0.25, -0.2) is 0 Å². The fraction of sp³-hybridized carbons (Fsp3) is 0.571. The van der Waals surface area contributed by atoms with Gasteiger partial charge < -0.3 is 5.73 Å². The Bertz CT molecular complexity index is 280. The molecule has 1 aromatic rings. The second kappa shape index (κ2) is 6.62. The molecule has 2 N–H and O–H groups in total. The van der Waals surface area contributed by atoms with Gasteiger partial charge >= 0.3 is 0 Å². The van der Waals surface area contributed by atoms with E-state index in [1.54, 1.807) is 0 Å². The maximum Gasteiger partial charge on any atom is 0.0297 e. The molecule has 0 aliphatic heterocycles. The van der Waals surface area contributed by atoms with Crippen molar-refractivity contribution < 1.29 is 0 Å². The minimum Gasteiger partial charge on any atom is -0.324 e. The molecular formula is C14H23N. The first-order valence-electron chi connectivity index (χ1n) is 6.13. The van der Waals surface area contributed by atoms with Crippen LogP contribution < -0.4 is 5.73 Å². The molecule has 0 heterocycles. The fourth-order valence-corrected chi connectivity index (χ4v) is 1.96. The molecule has 1 heteroatoms. The molecule has 0 spiro atoms. The van der Waals surface area contributed by atoms with E-state index >= 15 is 0 Å². The molecule has 0 saturated carbocycles. The molecule has 0 bridgehead atoms. The van der Waals surface area contributed by atoms with Crippen LogP contribution in [0.15, 0.2) is 24.3 Å². The van der Waals surface area contributed by atoms with Gasteiger partial charge in [0.05, 0.1) is 0 Å². The Labute approximate surface area is 93.7 Å². The summed E-state index contributed by atoms with van der Waals surface area (Å²) in [6, 6.07) is 8.85. The third-order valence-electron chi connectivity index (χ3n) is 2.85. The van der Waals surface area contributed by atoms with Crippen LogP contribution in [0.3, 0.4) is 0 Å². The number of hydrogen-bond acceptors (Lipinski definition) is 1. The molecule has 84 valence electrons. The number of rotatable bonds is 6. The van der Waals surface area contributed by atoms with Gasteiger partial charge in [-0.3, -0.25) is 0 Å². The summed E-state index contributed by atoms with van der Waals surface area (Å²) < 4.78 is 0. The van der Waals surface area contributed by atoms with Gasteiger partial charge in [0.15, 0.2) is 0 Å². The Morgan fingerprint density at radius 2 is 1.87 bits per heavy atom. The van der Waals surface area contributed by atoms with Crippen LogP contribution in [0.2, 0.25) is 0 Å². The van der Waals surface area contributed by atoms with Crippen molar-refractivity contribution in [3.8, 4) is 0 Å². The van der Waals surface area contributed by atoms with Crippen LogP contribution in [-0.2, 0) is 6.42 Å². The average molecular weight is 205 g/mol. The van der Waals surface area contributed by atoms with Crippen LogP contribution in [0.25, 0.3) is 0 Å². The Kier molecular flexibility index (Phi) is 5.41. The number of benzene rings is 1. The van der Waals surface area contributed by atoms with E-state index in [1.807, 2.05) is 0 Å². The first-order valence-corrected chi connectivity index (χ1v) is 6.13. The minimum absolute atomic E-state index is 0.225. The Hall–Kier alpha value is -0.820. The highest BCUT2D eigenvalue weighted by Crippen LogP contribution is 2.21. The van der Waals surface area contributed by atoms with Crippen molar-refractivity contribution in [1.29, 1.82) is 0 Å². The van der Waals surface area contributed by atoms with Crippen molar-refractivity contribution in [2.45, 2.75) is 52.0 Å². The maximum absolute atomic E-state index is 6.18. The van der Waals surface area contributed by atoms with Crippen molar-refractivity contribution in [3.63, 3.8) is 0 Å². The molecule has 1 unspecified atom stereocenters. The van der Waals surface area contributed by atoms with Gasteiger partial charge in [0.1, 0.15) is 0 Å². The van der Waals surface area contributed by atoms with Crippen LogP contribution >= 0.6 is 0 Å². The van der Waals surface area contributed by atoms with Crippen LogP contribution in [0, 0.1) is 0 Å². The van der Waals surface area contributed by atoms with Crippen molar-refractivity contribution in [2.24, 2.45) is 5.73 Å². The summed E-state index contributed by atoms with van der Waals surface area (Å²) in [7, 11) is 0.